The van der Waals surface area contributed by atoms with Crippen LogP contribution in [0.15, 0.2) is 18.3 Å². The van der Waals surface area contributed by atoms with Crippen molar-refractivity contribution >= 4 is 22.6 Å². The molecule has 4 rings (SSSR count). The van der Waals surface area contributed by atoms with Gasteiger partial charge in [-0.05, 0) is 12.8 Å². The van der Waals surface area contributed by atoms with Crippen molar-refractivity contribution in [2.75, 3.05) is 25.6 Å². The molecule has 0 spiro atoms. The van der Waals surface area contributed by atoms with Crippen molar-refractivity contribution in [1.29, 1.82) is 0 Å². The van der Waals surface area contributed by atoms with E-state index >= 15 is 0 Å². The zero-order chi connectivity index (χ0) is 22.2. The van der Waals surface area contributed by atoms with Crippen LogP contribution in [-0.2, 0) is 15.5 Å². The van der Waals surface area contributed by atoms with E-state index in [1.807, 2.05) is 0 Å². The molecule has 0 aromatic carbocycles. The molecule has 1 N–H and O–H groups in total. The number of hydrogen-bond donors (Lipinski definition) is 1. The lowest BCUT2D eigenvalue weighted by Gasteiger charge is -2.13. The fourth-order valence-electron chi connectivity index (χ4n) is 3.14. The molecular formula is C20H22F2N6O3. The summed E-state index contributed by atoms with van der Waals surface area (Å²) < 4.78 is 40.1. The summed E-state index contributed by atoms with van der Waals surface area (Å²) in [7, 11) is 1.50. The Morgan fingerprint density at radius 2 is 2.06 bits per heavy atom. The van der Waals surface area contributed by atoms with Crippen LogP contribution in [0.25, 0.3) is 16.7 Å². The van der Waals surface area contributed by atoms with Gasteiger partial charge in [0.1, 0.15) is 18.1 Å². The molecule has 0 atom stereocenters. The number of aromatic nitrogens is 5. The molecule has 1 saturated carbocycles. The lowest BCUT2D eigenvalue weighted by Crippen LogP contribution is -2.15. The highest BCUT2D eigenvalue weighted by atomic mass is 19.3. The molecule has 3 aromatic heterocycles. The van der Waals surface area contributed by atoms with Gasteiger partial charge in [-0.1, -0.05) is 0 Å². The molecule has 1 aliphatic carbocycles. The van der Waals surface area contributed by atoms with Gasteiger partial charge in [-0.25, -0.2) is 9.67 Å². The summed E-state index contributed by atoms with van der Waals surface area (Å²) in [6.45, 7) is 2.50. The lowest BCUT2D eigenvalue weighted by molar-refractivity contribution is -0.114. The van der Waals surface area contributed by atoms with Gasteiger partial charge < -0.3 is 14.8 Å². The molecule has 0 radical (unpaired) electrons. The molecule has 0 aliphatic heterocycles. The number of carbonyl (C=O) groups excluding carboxylic acids is 1. The van der Waals surface area contributed by atoms with Crippen LogP contribution in [0.2, 0.25) is 0 Å². The topological polar surface area (TPSA) is 104 Å². The van der Waals surface area contributed by atoms with Gasteiger partial charge in [0.05, 0.1) is 17.8 Å². The Hall–Kier alpha value is -3.21. The van der Waals surface area contributed by atoms with Crippen molar-refractivity contribution in [3.8, 4) is 11.8 Å². The fourth-order valence-corrected chi connectivity index (χ4v) is 3.14. The van der Waals surface area contributed by atoms with Crippen molar-refractivity contribution < 1.29 is 23.0 Å². The molecule has 164 valence electrons. The number of nitrogens with zero attached hydrogens (tertiary/aromatic N) is 5. The molecular weight excluding hydrogens is 410 g/mol. The van der Waals surface area contributed by atoms with Gasteiger partial charge in [-0.3, -0.25) is 4.79 Å². The number of fused-ring (bicyclic) bond motifs is 1. The first-order valence-electron chi connectivity index (χ1n) is 9.82. The smallest absolute Gasteiger partial charge is 0.318 e. The van der Waals surface area contributed by atoms with Crippen LogP contribution in [0.1, 0.15) is 44.0 Å². The van der Waals surface area contributed by atoms with Gasteiger partial charge >= 0.3 is 6.01 Å². The molecule has 1 amide bonds. The highest BCUT2D eigenvalue weighted by Crippen LogP contribution is 2.43. The highest BCUT2D eigenvalue weighted by molar-refractivity contribution is 5.91. The van der Waals surface area contributed by atoms with Crippen LogP contribution >= 0.6 is 0 Å². The third kappa shape index (κ3) is 4.61. The van der Waals surface area contributed by atoms with E-state index < -0.39 is 11.6 Å². The van der Waals surface area contributed by atoms with E-state index in [1.54, 1.807) is 12.3 Å². The summed E-state index contributed by atoms with van der Waals surface area (Å²) in [6.07, 6.45) is 3.62. The van der Waals surface area contributed by atoms with Crippen LogP contribution in [0.4, 0.5) is 14.6 Å². The van der Waals surface area contributed by atoms with Crippen molar-refractivity contribution in [3.05, 3.63) is 29.7 Å². The Bertz CT molecular complexity index is 1120. The number of halogens is 2. The van der Waals surface area contributed by atoms with Crippen LogP contribution in [-0.4, -0.2) is 51.0 Å². The molecule has 3 aromatic rings. The number of nitrogens with one attached hydrogen (secondary N) is 1. The molecule has 0 bridgehead atoms. The van der Waals surface area contributed by atoms with Gasteiger partial charge in [-0.2, -0.15) is 23.8 Å². The second-order valence-electron chi connectivity index (χ2n) is 7.46. The minimum atomic E-state index is -3.21. The van der Waals surface area contributed by atoms with Gasteiger partial charge in [0.2, 0.25) is 5.91 Å². The number of amides is 1. The number of anilines is 1. The first-order valence-corrected chi connectivity index (χ1v) is 9.82. The lowest BCUT2D eigenvalue weighted by atomic mass is 10.2. The third-order valence-corrected chi connectivity index (χ3v) is 4.74. The van der Waals surface area contributed by atoms with Gasteiger partial charge in [0.25, 0.3) is 5.92 Å². The average molecular weight is 432 g/mol. The molecule has 11 heteroatoms. The number of carbonyl (C=O) groups is 1. The van der Waals surface area contributed by atoms with Gasteiger partial charge in [0, 0.05) is 50.6 Å². The summed E-state index contributed by atoms with van der Waals surface area (Å²) >= 11 is 0. The summed E-state index contributed by atoms with van der Waals surface area (Å²) in [5.74, 6) is -2.74. The van der Waals surface area contributed by atoms with Crippen molar-refractivity contribution in [1.82, 2.24) is 24.7 Å². The van der Waals surface area contributed by atoms with E-state index in [0.29, 0.717) is 11.3 Å². The van der Waals surface area contributed by atoms with E-state index in [-0.39, 0.29) is 36.9 Å². The fraction of sp³-hybridized carbons (Fsp3) is 0.450. The van der Waals surface area contributed by atoms with E-state index in [1.165, 1.54) is 24.8 Å². The molecule has 9 nitrogen and oxygen atoms in total. The average Bonchev–Trinajstić information content (AvgIpc) is 3.47. The minimum absolute atomic E-state index is 0.110. The SMILES string of the molecule is COCCOc1nc(-n2nc(C3CC3)c3cnc(NC(C)=O)cc32)cc(C(C)(F)F)n1. The molecule has 0 saturated heterocycles. The monoisotopic (exact) mass is 432 g/mol. The Morgan fingerprint density at radius 3 is 2.71 bits per heavy atom. The predicted molar refractivity (Wildman–Crippen MR) is 108 cm³/mol. The molecule has 1 aliphatic rings. The largest absolute Gasteiger partial charge is 0.461 e. The second kappa shape index (κ2) is 8.14. The Balaban J connectivity index is 1.86. The summed E-state index contributed by atoms with van der Waals surface area (Å²) in [4.78, 5) is 23.9. The first kappa shape index (κ1) is 21.0. The summed E-state index contributed by atoms with van der Waals surface area (Å²) in [5.41, 5.74) is 0.924. The second-order valence-corrected chi connectivity index (χ2v) is 7.46. The normalized spacial score (nSPS) is 14.1. The quantitative estimate of drug-likeness (QED) is 0.545. The van der Waals surface area contributed by atoms with Crippen LogP contribution in [0.5, 0.6) is 6.01 Å². The molecule has 31 heavy (non-hydrogen) atoms. The zero-order valence-corrected chi connectivity index (χ0v) is 17.4. The number of alkyl halides is 2. The van der Waals surface area contributed by atoms with E-state index in [2.05, 4.69) is 25.4 Å². The summed E-state index contributed by atoms with van der Waals surface area (Å²) in [6, 6.07) is 2.64. The number of rotatable bonds is 8. The Labute approximate surface area is 176 Å². The van der Waals surface area contributed by atoms with Crippen molar-refractivity contribution in [3.63, 3.8) is 0 Å². The van der Waals surface area contributed by atoms with Gasteiger partial charge in [-0.15, -0.1) is 0 Å². The number of pyridine rings is 1. The number of methoxy groups -OCH3 is 1. The Morgan fingerprint density at radius 1 is 1.29 bits per heavy atom. The molecule has 0 unspecified atom stereocenters. The van der Waals surface area contributed by atoms with E-state index in [9.17, 15) is 13.6 Å². The summed E-state index contributed by atoms with van der Waals surface area (Å²) in [5, 5.41) is 8.06. The third-order valence-electron chi connectivity index (χ3n) is 4.74. The Kier molecular flexibility index (Phi) is 5.52. The zero-order valence-electron chi connectivity index (χ0n) is 17.4. The van der Waals surface area contributed by atoms with Crippen LogP contribution < -0.4 is 10.1 Å². The number of ether oxygens (including phenoxy) is 2. The maximum absolute atomic E-state index is 14.1. The number of hydrogen-bond acceptors (Lipinski definition) is 7. The highest BCUT2D eigenvalue weighted by Gasteiger charge is 2.32. The van der Waals surface area contributed by atoms with E-state index in [0.717, 1.165) is 30.8 Å². The minimum Gasteiger partial charge on any atom is -0.461 e. The maximum Gasteiger partial charge on any atom is 0.318 e. The van der Waals surface area contributed by atoms with Crippen molar-refractivity contribution in [2.24, 2.45) is 0 Å². The standard InChI is InChI=1S/C20H22F2N6O3/c1-11(29)24-16-8-14-13(10-23-16)18(12-4-5-12)27-28(14)17-9-15(20(2,21)22)25-19(26-17)31-7-6-30-3/h8-10,12H,4-7H2,1-3H3,(H,23,24,29). The van der Waals surface area contributed by atoms with Crippen LogP contribution in [0, 0.1) is 0 Å². The van der Waals surface area contributed by atoms with Crippen molar-refractivity contribution in [2.45, 2.75) is 38.5 Å². The molecule has 3 heterocycles. The van der Waals surface area contributed by atoms with Gasteiger partial charge in [0.15, 0.2) is 5.82 Å². The predicted octanol–water partition coefficient (Wildman–Crippen LogP) is 3.18. The van der Waals surface area contributed by atoms with Crippen LogP contribution in [0.3, 0.4) is 0 Å². The van der Waals surface area contributed by atoms with E-state index in [4.69, 9.17) is 9.47 Å². The molecule has 1 fully saturated rings. The first-order chi connectivity index (χ1) is 14.8. The maximum atomic E-state index is 14.1.